The molecule has 0 atom stereocenters. The van der Waals surface area contributed by atoms with Gasteiger partial charge >= 0.3 is 0 Å². The fourth-order valence-corrected chi connectivity index (χ4v) is 5.62. The van der Waals surface area contributed by atoms with Gasteiger partial charge in [0.25, 0.3) is 5.91 Å². The molecule has 3 heterocycles. The van der Waals surface area contributed by atoms with Crippen molar-refractivity contribution in [2.24, 2.45) is 11.3 Å². The van der Waals surface area contributed by atoms with Gasteiger partial charge in [0.05, 0.1) is 5.02 Å². The number of hydrogen-bond acceptors (Lipinski definition) is 4. The number of para-hydroxylation sites is 1. The summed E-state index contributed by atoms with van der Waals surface area (Å²) in [6.07, 6.45) is 8.29. The molecule has 2 aliphatic heterocycles. The molecule has 1 aromatic carbocycles. The molecule has 1 spiro atoms. The Balaban J connectivity index is 1.46. The number of carbonyl (C=O) groups is 1. The van der Waals surface area contributed by atoms with Gasteiger partial charge in [-0.05, 0) is 67.2 Å². The molecule has 5 nitrogen and oxygen atoms in total. The molecule has 0 radical (unpaired) electrons. The first-order valence-electron chi connectivity index (χ1n) is 12.8. The fourth-order valence-electron chi connectivity index (χ4n) is 5.51. The lowest BCUT2D eigenvalue weighted by Gasteiger charge is -2.45. The number of aromatic nitrogens is 1. The summed E-state index contributed by atoms with van der Waals surface area (Å²) >= 11 is 5.95. The average Bonchev–Trinajstić information content (AvgIpc) is 2.82. The number of carbonyl (C=O) groups excluding carboxylic acids is 1. The molecule has 0 unspecified atom stereocenters. The van der Waals surface area contributed by atoms with E-state index in [1.807, 2.05) is 4.90 Å². The largest absolute Gasteiger partial charge is 0.492 e. The summed E-state index contributed by atoms with van der Waals surface area (Å²) in [7, 11) is 0. The molecule has 1 fully saturated rings. The molecule has 1 saturated heterocycles. The van der Waals surface area contributed by atoms with Crippen molar-refractivity contribution in [3.63, 3.8) is 0 Å². The maximum absolute atomic E-state index is 13.0. The van der Waals surface area contributed by atoms with Gasteiger partial charge in [-0.15, -0.1) is 0 Å². The lowest BCUT2D eigenvalue weighted by molar-refractivity contribution is 0.0351. The van der Waals surface area contributed by atoms with Gasteiger partial charge in [0.15, 0.2) is 0 Å². The van der Waals surface area contributed by atoms with Crippen LogP contribution in [0.5, 0.6) is 5.75 Å². The molecule has 184 valence electrons. The van der Waals surface area contributed by atoms with Crippen LogP contribution in [0.15, 0.2) is 42.6 Å². The van der Waals surface area contributed by atoms with Crippen molar-refractivity contribution in [3.05, 3.63) is 58.9 Å². The molecule has 6 heteroatoms. The summed E-state index contributed by atoms with van der Waals surface area (Å²) in [5, 5.41) is 0.555. The van der Waals surface area contributed by atoms with Crippen molar-refractivity contribution in [2.45, 2.75) is 52.4 Å². The summed E-state index contributed by atoms with van der Waals surface area (Å²) in [4.78, 5) is 21.8. The summed E-state index contributed by atoms with van der Waals surface area (Å²) in [5.41, 5.74) is 2.05. The third kappa shape index (κ3) is 6.51. The number of aryl methyl sites for hydroxylation is 1. The molecule has 0 N–H and O–H groups in total. The second-order valence-corrected chi connectivity index (χ2v) is 10.9. The number of fused-ring (bicyclic) bond motifs is 1. The van der Waals surface area contributed by atoms with Crippen LogP contribution in [0.1, 0.15) is 62.0 Å². The van der Waals surface area contributed by atoms with E-state index in [2.05, 4.69) is 48.0 Å². The third-order valence-electron chi connectivity index (χ3n) is 7.28. The van der Waals surface area contributed by atoms with Crippen molar-refractivity contribution in [2.75, 3.05) is 39.3 Å². The van der Waals surface area contributed by atoms with Crippen LogP contribution >= 0.6 is 11.6 Å². The molecular formula is C28H38ClN3O2. The van der Waals surface area contributed by atoms with E-state index in [9.17, 15) is 4.79 Å². The highest BCUT2D eigenvalue weighted by Gasteiger charge is 2.37. The number of benzene rings is 1. The molecular weight excluding hydrogens is 446 g/mol. The Morgan fingerprint density at radius 1 is 1.09 bits per heavy atom. The Labute approximate surface area is 209 Å². The number of nitrogens with zero attached hydrogens (tertiary/aromatic N) is 3. The zero-order valence-corrected chi connectivity index (χ0v) is 21.4. The Morgan fingerprint density at radius 3 is 2.62 bits per heavy atom. The minimum absolute atomic E-state index is 0.0173. The molecule has 1 aromatic heterocycles. The van der Waals surface area contributed by atoms with Crippen LogP contribution in [-0.2, 0) is 6.42 Å². The SMILES string of the molecule is CC(C)CN1CCOc2ccccc2CCCCC2(CCN(C(=O)c3ccc(Cl)cn3)CC2)C1. The van der Waals surface area contributed by atoms with Gasteiger partial charge in [-0.2, -0.15) is 0 Å². The van der Waals surface area contributed by atoms with Crippen LogP contribution in [0, 0.1) is 11.3 Å². The predicted octanol–water partition coefficient (Wildman–Crippen LogP) is 5.72. The van der Waals surface area contributed by atoms with Gasteiger partial charge in [0.1, 0.15) is 18.1 Å². The number of hydrogen-bond donors (Lipinski definition) is 0. The summed E-state index contributed by atoms with van der Waals surface area (Å²) in [5.74, 6) is 1.67. The van der Waals surface area contributed by atoms with E-state index >= 15 is 0 Å². The number of pyridine rings is 1. The van der Waals surface area contributed by atoms with Gasteiger partial charge < -0.3 is 9.64 Å². The van der Waals surface area contributed by atoms with Crippen molar-refractivity contribution in [3.8, 4) is 5.75 Å². The van der Waals surface area contributed by atoms with Crippen molar-refractivity contribution >= 4 is 17.5 Å². The number of piperidine rings is 1. The highest BCUT2D eigenvalue weighted by atomic mass is 35.5. The van der Waals surface area contributed by atoms with Crippen molar-refractivity contribution < 1.29 is 9.53 Å². The fraction of sp³-hybridized carbons (Fsp3) is 0.571. The van der Waals surface area contributed by atoms with E-state index in [1.165, 1.54) is 24.8 Å². The number of ether oxygens (including phenoxy) is 1. The molecule has 4 rings (SSSR count). The van der Waals surface area contributed by atoms with Crippen LogP contribution in [0.25, 0.3) is 0 Å². The lowest BCUT2D eigenvalue weighted by Crippen LogP contribution is -2.49. The normalized spacial score (nSPS) is 19.7. The highest BCUT2D eigenvalue weighted by Crippen LogP contribution is 2.39. The zero-order valence-electron chi connectivity index (χ0n) is 20.6. The second kappa shape index (κ2) is 11.5. The lowest BCUT2D eigenvalue weighted by atomic mass is 9.73. The monoisotopic (exact) mass is 483 g/mol. The zero-order chi connectivity index (χ0) is 24.0. The smallest absolute Gasteiger partial charge is 0.272 e. The van der Waals surface area contributed by atoms with Crippen LogP contribution < -0.4 is 4.74 Å². The van der Waals surface area contributed by atoms with Crippen molar-refractivity contribution in [1.29, 1.82) is 0 Å². The molecule has 1 amide bonds. The van der Waals surface area contributed by atoms with Crippen LogP contribution in [0.2, 0.25) is 5.02 Å². The number of likely N-dealkylation sites (tertiary alicyclic amines) is 1. The number of amides is 1. The maximum atomic E-state index is 13.0. The first-order valence-corrected chi connectivity index (χ1v) is 13.2. The Bertz CT molecular complexity index is 939. The topological polar surface area (TPSA) is 45.7 Å². The van der Waals surface area contributed by atoms with Gasteiger partial charge in [-0.3, -0.25) is 9.69 Å². The Morgan fingerprint density at radius 2 is 1.88 bits per heavy atom. The standard InChI is InChI=1S/C28H38ClN3O2/c1-22(2)20-31-17-18-34-26-9-4-3-7-23(26)8-5-6-12-28(21-31)13-15-32(16-14-28)27(33)25-11-10-24(29)19-30-25/h3-4,7,9-11,19,22H,5-6,8,12-18,20-21H2,1-2H3. The molecule has 0 saturated carbocycles. The summed E-state index contributed by atoms with van der Waals surface area (Å²) in [6.45, 7) is 9.97. The van der Waals surface area contributed by atoms with Crippen LogP contribution in [0.3, 0.4) is 0 Å². The maximum Gasteiger partial charge on any atom is 0.272 e. The minimum atomic E-state index is 0.0173. The first kappa shape index (κ1) is 25.0. The highest BCUT2D eigenvalue weighted by molar-refractivity contribution is 6.30. The van der Waals surface area contributed by atoms with E-state index in [4.69, 9.17) is 16.3 Å². The minimum Gasteiger partial charge on any atom is -0.492 e. The Kier molecular flexibility index (Phi) is 8.49. The van der Waals surface area contributed by atoms with E-state index in [0.29, 0.717) is 23.2 Å². The first-order chi connectivity index (χ1) is 16.4. The molecule has 0 bridgehead atoms. The predicted molar refractivity (Wildman–Crippen MR) is 138 cm³/mol. The number of halogens is 1. The molecule has 0 aliphatic carbocycles. The van der Waals surface area contributed by atoms with Crippen LogP contribution in [0.4, 0.5) is 0 Å². The quantitative estimate of drug-likeness (QED) is 0.560. The number of rotatable bonds is 3. The van der Waals surface area contributed by atoms with Gasteiger partial charge in [0, 0.05) is 38.9 Å². The average molecular weight is 484 g/mol. The van der Waals surface area contributed by atoms with E-state index in [1.54, 1.807) is 18.3 Å². The van der Waals surface area contributed by atoms with Gasteiger partial charge in [0.2, 0.25) is 0 Å². The second-order valence-electron chi connectivity index (χ2n) is 10.4. The van der Waals surface area contributed by atoms with E-state index < -0.39 is 0 Å². The molecule has 34 heavy (non-hydrogen) atoms. The van der Waals surface area contributed by atoms with Gasteiger partial charge in [-0.25, -0.2) is 4.98 Å². The van der Waals surface area contributed by atoms with Crippen LogP contribution in [-0.4, -0.2) is 60.0 Å². The van der Waals surface area contributed by atoms with Gasteiger partial charge in [-0.1, -0.05) is 50.1 Å². The molecule has 2 aliphatic rings. The third-order valence-corrected chi connectivity index (χ3v) is 7.50. The van der Waals surface area contributed by atoms with E-state index in [-0.39, 0.29) is 11.3 Å². The molecule has 2 aromatic rings. The van der Waals surface area contributed by atoms with E-state index in [0.717, 1.165) is 57.7 Å². The summed E-state index contributed by atoms with van der Waals surface area (Å²) < 4.78 is 6.24. The Hall–Kier alpha value is -2.11. The summed E-state index contributed by atoms with van der Waals surface area (Å²) in [6, 6.07) is 12.0. The van der Waals surface area contributed by atoms with Crippen molar-refractivity contribution in [1.82, 2.24) is 14.8 Å².